The lowest BCUT2D eigenvalue weighted by molar-refractivity contribution is 0.0701. The molecule has 0 radical (unpaired) electrons. The normalized spacial score (nSPS) is 10.6. The molecule has 2 aromatic heterocycles. The quantitative estimate of drug-likeness (QED) is 0.539. The number of hydroxylamine groups is 1. The Kier molecular flexibility index (Phi) is 2.17. The topological polar surface area (TPSA) is 67.2 Å². The first-order valence-corrected chi connectivity index (χ1v) is 4.50. The van der Waals surface area contributed by atoms with Crippen molar-refractivity contribution in [3.8, 4) is 0 Å². The summed E-state index contributed by atoms with van der Waals surface area (Å²) in [6.45, 7) is 1.98. The van der Waals surface area contributed by atoms with Crippen LogP contribution in [0.2, 0.25) is 0 Å². The van der Waals surface area contributed by atoms with E-state index in [1.54, 1.807) is 11.5 Å². The summed E-state index contributed by atoms with van der Waals surface area (Å²) in [5.41, 5.74) is 3.60. The Morgan fingerprint density at radius 2 is 2.27 bits per heavy atom. The van der Waals surface area contributed by atoms with Crippen LogP contribution in [0, 0.1) is 6.92 Å². The van der Waals surface area contributed by atoms with Crippen molar-refractivity contribution >= 4 is 16.9 Å². The van der Waals surface area contributed by atoms with E-state index in [4.69, 9.17) is 5.21 Å². The van der Waals surface area contributed by atoms with E-state index in [1.165, 1.54) is 0 Å². The zero-order valence-electron chi connectivity index (χ0n) is 8.48. The molecule has 5 nitrogen and oxygen atoms in total. The number of aromatic nitrogens is 2. The molecule has 2 N–H and O–H groups in total. The van der Waals surface area contributed by atoms with Crippen molar-refractivity contribution in [1.29, 1.82) is 0 Å². The van der Waals surface area contributed by atoms with Gasteiger partial charge in [-0.2, -0.15) is 0 Å². The van der Waals surface area contributed by atoms with Gasteiger partial charge in [0.1, 0.15) is 11.3 Å². The van der Waals surface area contributed by atoms with Crippen LogP contribution in [-0.4, -0.2) is 20.7 Å². The molecule has 0 aromatic carbocycles. The number of carbonyl (C=O) groups is 1. The predicted octanol–water partition coefficient (Wildman–Crippen LogP) is 1.00. The van der Waals surface area contributed by atoms with Crippen molar-refractivity contribution in [2.24, 2.45) is 7.05 Å². The Morgan fingerprint density at radius 3 is 2.93 bits per heavy atom. The zero-order valence-corrected chi connectivity index (χ0v) is 8.48. The van der Waals surface area contributed by atoms with Gasteiger partial charge in [-0.05, 0) is 24.6 Å². The van der Waals surface area contributed by atoms with Crippen LogP contribution in [-0.2, 0) is 7.05 Å². The fourth-order valence-corrected chi connectivity index (χ4v) is 1.63. The number of pyridine rings is 1. The average molecular weight is 205 g/mol. The molecule has 0 saturated heterocycles. The maximum absolute atomic E-state index is 11.1. The summed E-state index contributed by atoms with van der Waals surface area (Å²) < 4.78 is 1.85. The van der Waals surface area contributed by atoms with Crippen LogP contribution >= 0.6 is 0 Å². The van der Waals surface area contributed by atoms with Crippen LogP contribution in [0.3, 0.4) is 0 Å². The number of hydrogen-bond donors (Lipinski definition) is 2. The molecule has 5 heteroatoms. The van der Waals surface area contributed by atoms with Gasteiger partial charge in [-0.25, -0.2) is 10.5 Å². The molecule has 0 aliphatic rings. The summed E-state index contributed by atoms with van der Waals surface area (Å²) in [6, 6.07) is 3.41. The van der Waals surface area contributed by atoms with Gasteiger partial charge in [-0.3, -0.25) is 10.0 Å². The first-order chi connectivity index (χ1) is 7.13. The smallest absolute Gasteiger partial charge is 0.293 e. The zero-order chi connectivity index (χ0) is 11.0. The van der Waals surface area contributed by atoms with E-state index in [0.29, 0.717) is 0 Å². The van der Waals surface area contributed by atoms with Crippen LogP contribution in [0.5, 0.6) is 0 Å². The number of nitrogens with zero attached hydrogens (tertiary/aromatic N) is 2. The second-order valence-electron chi connectivity index (χ2n) is 3.43. The summed E-state index contributed by atoms with van der Waals surface area (Å²) in [7, 11) is 1.86. The molecular weight excluding hydrogens is 194 g/mol. The van der Waals surface area contributed by atoms with Gasteiger partial charge in [0.25, 0.3) is 5.91 Å². The number of aryl methyl sites for hydroxylation is 2. The molecule has 1 amide bonds. The monoisotopic (exact) mass is 205 g/mol. The van der Waals surface area contributed by atoms with Crippen LogP contribution in [0.4, 0.5) is 0 Å². The second kappa shape index (κ2) is 3.36. The third-order valence-electron chi connectivity index (χ3n) is 2.36. The van der Waals surface area contributed by atoms with Gasteiger partial charge in [-0.15, -0.1) is 0 Å². The van der Waals surface area contributed by atoms with Crippen LogP contribution in [0.25, 0.3) is 11.0 Å². The van der Waals surface area contributed by atoms with Crippen molar-refractivity contribution in [2.45, 2.75) is 6.92 Å². The second-order valence-corrected chi connectivity index (χ2v) is 3.43. The molecule has 0 atom stereocenters. The molecule has 0 aliphatic carbocycles. The van der Waals surface area contributed by atoms with Crippen molar-refractivity contribution < 1.29 is 10.0 Å². The van der Waals surface area contributed by atoms with E-state index in [0.717, 1.165) is 16.6 Å². The molecule has 2 aromatic rings. The Labute approximate surface area is 86.3 Å². The SMILES string of the molecule is Cc1cn(C)c2nc(C(=O)NO)ccc12. The first-order valence-electron chi connectivity index (χ1n) is 4.50. The molecule has 0 fully saturated rings. The molecule has 15 heavy (non-hydrogen) atoms. The fraction of sp³-hybridized carbons (Fsp3) is 0.200. The molecule has 0 bridgehead atoms. The minimum absolute atomic E-state index is 0.200. The van der Waals surface area contributed by atoms with Crippen LogP contribution in [0.1, 0.15) is 16.1 Å². The van der Waals surface area contributed by atoms with Gasteiger partial charge in [0.2, 0.25) is 0 Å². The van der Waals surface area contributed by atoms with E-state index in [9.17, 15) is 4.79 Å². The van der Waals surface area contributed by atoms with Gasteiger partial charge in [-0.1, -0.05) is 0 Å². The summed E-state index contributed by atoms with van der Waals surface area (Å²) in [4.78, 5) is 15.3. The Hall–Kier alpha value is -1.88. The Morgan fingerprint density at radius 1 is 1.53 bits per heavy atom. The van der Waals surface area contributed by atoms with Crippen molar-refractivity contribution in [3.63, 3.8) is 0 Å². The Balaban J connectivity index is 2.65. The maximum Gasteiger partial charge on any atom is 0.293 e. The Bertz CT molecular complexity index is 531. The predicted molar refractivity (Wildman–Crippen MR) is 54.7 cm³/mol. The minimum atomic E-state index is -0.601. The van der Waals surface area contributed by atoms with Gasteiger partial charge in [0.05, 0.1) is 0 Å². The molecule has 0 spiro atoms. The van der Waals surface area contributed by atoms with Crippen LogP contribution < -0.4 is 5.48 Å². The number of carbonyl (C=O) groups excluding carboxylic acids is 1. The molecular formula is C10H11N3O2. The highest BCUT2D eigenvalue weighted by Gasteiger charge is 2.09. The lowest BCUT2D eigenvalue weighted by Gasteiger charge is -1.99. The molecule has 0 aliphatic heterocycles. The number of amides is 1. The van der Waals surface area contributed by atoms with Gasteiger partial charge < -0.3 is 4.57 Å². The largest absolute Gasteiger partial charge is 0.335 e. The molecule has 2 rings (SSSR count). The highest BCUT2D eigenvalue weighted by Crippen LogP contribution is 2.18. The maximum atomic E-state index is 11.1. The average Bonchev–Trinajstić information content (AvgIpc) is 2.53. The summed E-state index contributed by atoms with van der Waals surface area (Å²) in [6.07, 6.45) is 1.94. The van der Waals surface area contributed by atoms with E-state index in [2.05, 4.69) is 4.98 Å². The lowest BCUT2D eigenvalue weighted by Crippen LogP contribution is -2.19. The number of hydrogen-bond acceptors (Lipinski definition) is 3. The number of nitrogens with one attached hydrogen (secondary N) is 1. The van der Waals surface area contributed by atoms with Crippen molar-refractivity contribution in [1.82, 2.24) is 15.0 Å². The van der Waals surface area contributed by atoms with Crippen molar-refractivity contribution in [3.05, 3.63) is 29.6 Å². The number of fused-ring (bicyclic) bond motifs is 1. The molecule has 0 unspecified atom stereocenters. The van der Waals surface area contributed by atoms with E-state index >= 15 is 0 Å². The molecule has 78 valence electrons. The summed E-state index contributed by atoms with van der Waals surface area (Å²) in [5, 5.41) is 9.49. The van der Waals surface area contributed by atoms with Crippen molar-refractivity contribution in [2.75, 3.05) is 0 Å². The van der Waals surface area contributed by atoms with E-state index in [1.807, 2.05) is 30.8 Å². The highest BCUT2D eigenvalue weighted by atomic mass is 16.5. The van der Waals surface area contributed by atoms with Gasteiger partial charge in [0.15, 0.2) is 0 Å². The van der Waals surface area contributed by atoms with E-state index < -0.39 is 5.91 Å². The fourth-order valence-electron chi connectivity index (χ4n) is 1.63. The van der Waals surface area contributed by atoms with Gasteiger partial charge >= 0.3 is 0 Å². The minimum Gasteiger partial charge on any atom is -0.335 e. The lowest BCUT2D eigenvalue weighted by atomic mass is 10.2. The third-order valence-corrected chi connectivity index (χ3v) is 2.36. The molecule has 0 saturated carbocycles. The standard InChI is InChI=1S/C10H11N3O2/c1-6-5-13(2)9-7(6)3-4-8(11-9)10(14)12-15/h3-5,15H,1-2H3,(H,12,14). The van der Waals surface area contributed by atoms with Gasteiger partial charge in [0, 0.05) is 18.6 Å². The summed E-state index contributed by atoms with van der Waals surface area (Å²) >= 11 is 0. The third kappa shape index (κ3) is 1.46. The number of rotatable bonds is 1. The van der Waals surface area contributed by atoms with E-state index in [-0.39, 0.29) is 5.69 Å². The summed E-state index contributed by atoms with van der Waals surface area (Å²) in [5.74, 6) is -0.601. The van der Waals surface area contributed by atoms with Crippen LogP contribution in [0.15, 0.2) is 18.3 Å². The first kappa shape index (κ1) is 9.67. The highest BCUT2D eigenvalue weighted by molar-refractivity contribution is 5.94. The molecule has 2 heterocycles.